The lowest BCUT2D eigenvalue weighted by molar-refractivity contribution is -0.134. The van der Waals surface area contributed by atoms with Crippen molar-refractivity contribution in [3.8, 4) is 11.5 Å². The summed E-state index contributed by atoms with van der Waals surface area (Å²) in [7, 11) is -0.633. The summed E-state index contributed by atoms with van der Waals surface area (Å²) in [5.41, 5.74) is 0. The molecule has 0 unspecified atom stereocenters. The van der Waals surface area contributed by atoms with Crippen LogP contribution in [0.2, 0.25) is 0 Å². The van der Waals surface area contributed by atoms with E-state index in [0.717, 1.165) is 19.5 Å². The molecule has 0 aliphatic carbocycles. The zero-order valence-electron chi connectivity index (χ0n) is 17.5. The van der Waals surface area contributed by atoms with Crippen molar-refractivity contribution in [1.29, 1.82) is 0 Å². The third-order valence-corrected chi connectivity index (χ3v) is 7.59. The van der Waals surface area contributed by atoms with Crippen molar-refractivity contribution in [3.63, 3.8) is 0 Å². The van der Waals surface area contributed by atoms with Gasteiger partial charge in [-0.1, -0.05) is 6.92 Å². The van der Waals surface area contributed by atoms with E-state index >= 15 is 0 Å². The number of hydrogen-bond acceptors (Lipinski definition) is 6. The van der Waals surface area contributed by atoms with Gasteiger partial charge in [0.2, 0.25) is 15.9 Å². The smallest absolute Gasteiger partial charge is 0.243 e. The third kappa shape index (κ3) is 5.02. The number of amides is 1. The zero-order valence-corrected chi connectivity index (χ0v) is 18.3. The summed E-state index contributed by atoms with van der Waals surface area (Å²) < 4.78 is 37.9. The first-order valence-electron chi connectivity index (χ1n) is 10.1. The molecule has 0 N–H and O–H groups in total. The average molecular weight is 426 g/mol. The molecular weight excluding hydrogens is 394 g/mol. The van der Waals surface area contributed by atoms with Crippen LogP contribution >= 0.6 is 0 Å². The molecule has 0 radical (unpaired) electrons. The van der Waals surface area contributed by atoms with Crippen LogP contribution in [0, 0.1) is 5.92 Å². The lowest BCUT2D eigenvalue weighted by atomic mass is 10.0. The van der Waals surface area contributed by atoms with E-state index in [4.69, 9.17) is 9.47 Å². The monoisotopic (exact) mass is 425 g/mol. The van der Waals surface area contributed by atoms with Gasteiger partial charge in [-0.2, -0.15) is 4.31 Å². The van der Waals surface area contributed by atoms with Crippen LogP contribution in [0.5, 0.6) is 11.5 Å². The summed E-state index contributed by atoms with van der Waals surface area (Å²) in [6, 6.07) is 4.62. The van der Waals surface area contributed by atoms with Crippen molar-refractivity contribution in [2.24, 2.45) is 5.92 Å². The SMILES string of the molecule is COc1ccc(S(=O)(=O)N2CCN(CC(=O)N3CCC[C@H](C)C3)CC2)cc1OC. The molecule has 2 fully saturated rings. The van der Waals surface area contributed by atoms with E-state index < -0.39 is 10.0 Å². The summed E-state index contributed by atoms with van der Waals surface area (Å²) in [5, 5.41) is 0. The Kier molecular flexibility index (Phi) is 7.02. The number of sulfonamides is 1. The second kappa shape index (κ2) is 9.32. The molecule has 1 aromatic rings. The molecule has 1 amide bonds. The molecule has 2 aliphatic rings. The molecule has 162 valence electrons. The maximum absolute atomic E-state index is 13.0. The number of piperidine rings is 1. The lowest BCUT2D eigenvalue weighted by Gasteiger charge is -2.36. The fourth-order valence-corrected chi connectivity index (χ4v) is 5.40. The molecule has 2 saturated heterocycles. The van der Waals surface area contributed by atoms with Gasteiger partial charge >= 0.3 is 0 Å². The van der Waals surface area contributed by atoms with Crippen LogP contribution < -0.4 is 9.47 Å². The van der Waals surface area contributed by atoms with E-state index in [2.05, 4.69) is 6.92 Å². The Morgan fingerprint density at radius 3 is 2.38 bits per heavy atom. The van der Waals surface area contributed by atoms with Gasteiger partial charge in [-0.15, -0.1) is 0 Å². The van der Waals surface area contributed by atoms with Crippen molar-refractivity contribution in [3.05, 3.63) is 18.2 Å². The second-order valence-electron chi connectivity index (χ2n) is 7.78. The summed E-state index contributed by atoms with van der Waals surface area (Å²) in [6.45, 7) is 6.00. The van der Waals surface area contributed by atoms with Gasteiger partial charge in [0.1, 0.15) is 0 Å². The highest BCUT2D eigenvalue weighted by Gasteiger charge is 2.31. The molecule has 29 heavy (non-hydrogen) atoms. The van der Waals surface area contributed by atoms with Crippen LogP contribution in [0.15, 0.2) is 23.1 Å². The zero-order chi connectivity index (χ0) is 21.0. The van der Waals surface area contributed by atoms with Crippen LogP contribution in [0.3, 0.4) is 0 Å². The Labute approximate surface area is 173 Å². The molecule has 1 atom stereocenters. The third-order valence-electron chi connectivity index (χ3n) is 5.69. The standard InChI is InChI=1S/C20H31N3O5S/c1-16-5-4-8-22(14-16)20(24)15-21-9-11-23(12-10-21)29(25,26)17-6-7-18(27-2)19(13-17)28-3/h6-7,13,16H,4-5,8-12,14-15H2,1-3H3/t16-/m0/s1. The number of rotatable bonds is 6. The fourth-order valence-electron chi connectivity index (χ4n) is 3.96. The molecular formula is C20H31N3O5S. The van der Waals surface area contributed by atoms with Gasteiger partial charge < -0.3 is 14.4 Å². The Balaban J connectivity index is 1.59. The van der Waals surface area contributed by atoms with E-state index in [-0.39, 0.29) is 10.8 Å². The number of likely N-dealkylation sites (tertiary alicyclic amines) is 1. The molecule has 1 aromatic carbocycles. The number of benzene rings is 1. The van der Waals surface area contributed by atoms with Crippen molar-refractivity contribution < 1.29 is 22.7 Å². The molecule has 3 rings (SSSR count). The summed E-state index contributed by atoms with van der Waals surface area (Å²) in [4.78, 5) is 16.7. The van der Waals surface area contributed by atoms with Crippen LogP contribution in [-0.2, 0) is 14.8 Å². The van der Waals surface area contributed by atoms with Gasteiger partial charge in [0, 0.05) is 45.3 Å². The summed E-state index contributed by atoms with van der Waals surface area (Å²) in [6.07, 6.45) is 2.24. The molecule has 0 saturated carbocycles. The van der Waals surface area contributed by atoms with Crippen LogP contribution in [0.1, 0.15) is 19.8 Å². The molecule has 2 heterocycles. The second-order valence-corrected chi connectivity index (χ2v) is 9.72. The van der Waals surface area contributed by atoms with Gasteiger partial charge in [-0.25, -0.2) is 8.42 Å². The fraction of sp³-hybridized carbons (Fsp3) is 0.650. The van der Waals surface area contributed by atoms with Crippen LogP contribution in [0.25, 0.3) is 0 Å². The number of piperazine rings is 1. The highest BCUT2D eigenvalue weighted by atomic mass is 32.2. The van der Waals surface area contributed by atoms with E-state index in [1.165, 1.54) is 37.1 Å². The summed E-state index contributed by atoms with van der Waals surface area (Å²) in [5.74, 6) is 1.57. The topological polar surface area (TPSA) is 79.4 Å². The van der Waals surface area contributed by atoms with Gasteiger partial charge in [0.25, 0.3) is 0 Å². The summed E-state index contributed by atoms with van der Waals surface area (Å²) >= 11 is 0. The Bertz CT molecular complexity index is 821. The molecule has 8 nitrogen and oxygen atoms in total. The Morgan fingerprint density at radius 2 is 1.76 bits per heavy atom. The molecule has 0 bridgehead atoms. The van der Waals surface area contributed by atoms with Crippen LogP contribution in [-0.4, -0.2) is 88.5 Å². The minimum absolute atomic E-state index is 0.146. The van der Waals surface area contributed by atoms with E-state index in [1.54, 1.807) is 6.07 Å². The van der Waals surface area contributed by atoms with E-state index in [9.17, 15) is 13.2 Å². The Hall–Kier alpha value is -1.84. The van der Waals surface area contributed by atoms with Gasteiger partial charge in [-0.05, 0) is 30.9 Å². The van der Waals surface area contributed by atoms with Crippen LogP contribution in [0.4, 0.5) is 0 Å². The van der Waals surface area contributed by atoms with Gasteiger partial charge in [-0.3, -0.25) is 9.69 Å². The van der Waals surface area contributed by atoms with Crippen molar-refractivity contribution >= 4 is 15.9 Å². The lowest BCUT2D eigenvalue weighted by Crippen LogP contribution is -2.52. The quantitative estimate of drug-likeness (QED) is 0.683. The first-order valence-corrected chi connectivity index (χ1v) is 11.5. The van der Waals surface area contributed by atoms with Crippen molar-refractivity contribution in [2.75, 3.05) is 60.0 Å². The van der Waals surface area contributed by atoms with Gasteiger partial charge in [0.05, 0.1) is 25.7 Å². The molecule has 2 aliphatic heterocycles. The predicted molar refractivity (Wildman–Crippen MR) is 110 cm³/mol. The minimum Gasteiger partial charge on any atom is -0.493 e. The van der Waals surface area contributed by atoms with Gasteiger partial charge in [0.15, 0.2) is 11.5 Å². The first-order chi connectivity index (χ1) is 13.8. The molecule has 0 spiro atoms. The molecule has 0 aromatic heterocycles. The number of nitrogens with zero attached hydrogens (tertiary/aromatic N) is 3. The van der Waals surface area contributed by atoms with Crippen molar-refractivity contribution in [1.82, 2.24) is 14.1 Å². The minimum atomic E-state index is -3.62. The maximum Gasteiger partial charge on any atom is 0.243 e. The van der Waals surface area contributed by atoms with Crippen molar-refractivity contribution in [2.45, 2.75) is 24.7 Å². The Morgan fingerprint density at radius 1 is 1.07 bits per heavy atom. The highest BCUT2D eigenvalue weighted by Crippen LogP contribution is 2.30. The maximum atomic E-state index is 13.0. The highest BCUT2D eigenvalue weighted by molar-refractivity contribution is 7.89. The largest absolute Gasteiger partial charge is 0.493 e. The number of hydrogen-bond donors (Lipinski definition) is 0. The van der Waals surface area contributed by atoms with E-state index in [1.807, 2.05) is 9.80 Å². The number of carbonyl (C=O) groups excluding carboxylic acids is 1. The predicted octanol–water partition coefficient (Wildman–Crippen LogP) is 1.27. The first kappa shape index (κ1) is 21.9. The average Bonchev–Trinajstić information content (AvgIpc) is 2.73. The number of carbonyl (C=O) groups is 1. The molecule has 9 heteroatoms. The normalized spacial score (nSPS) is 21.8. The number of ether oxygens (including phenoxy) is 2. The number of methoxy groups -OCH3 is 2. The van der Waals surface area contributed by atoms with E-state index in [0.29, 0.717) is 50.1 Å².